The van der Waals surface area contributed by atoms with Gasteiger partial charge in [-0.1, -0.05) is 212 Å². The van der Waals surface area contributed by atoms with Gasteiger partial charge in [-0.15, -0.1) is 0 Å². The summed E-state index contributed by atoms with van der Waals surface area (Å²) < 4.78 is 5.45. The lowest BCUT2D eigenvalue weighted by Crippen LogP contribution is -2.45. The number of carbonyl (C=O) groups is 2. The van der Waals surface area contributed by atoms with E-state index in [1.165, 1.54) is 180 Å². The van der Waals surface area contributed by atoms with Crippen LogP contribution in [-0.4, -0.2) is 47.4 Å². The van der Waals surface area contributed by atoms with Crippen molar-refractivity contribution in [2.75, 3.05) is 13.2 Å². The van der Waals surface area contributed by atoms with Crippen molar-refractivity contribution < 1.29 is 24.5 Å². The molecule has 0 heterocycles. The highest BCUT2D eigenvalue weighted by atomic mass is 16.5. The summed E-state index contributed by atoms with van der Waals surface area (Å²) in [5, 5.41) is 23.1. The number of rotatable bonds is 45. The Morgan fingerprint density at radius 3 is 1.31 bits per heavy atom. The summed E-state index contributed by atoms with van der Waals surface area (Å²) in [6.07, 6.45) is 50.3. The minimum Gasteiger partial charge on any atom is -0.466 e. The van der Waals surface area contributed by atoms with Crippen molar-refractivity contribution in [2.45, 2.75) is 276 Å². The molecule has 2 unspecified atom stereocenters. The molecule has 1 amide bonds. The fourth-order valence-electron chi connectivity index (χ4n) is 7.51. The van der Waals surface area contributed by atoms with E-state index in [4.69, 9.17) is 4.74 Å². The zero-order chi connectivity index (χ0) is 40.1. The van der Waals surface area contributed by atoms with Crippen molar-refractivity contribution in [3.63, 3.8) is 0 Å². The zero-order valence-electron chi connectivity index (χ0n) is 36.9. The van der Waals surface area contributed by atoms with E-state index < -0.39 is 12.1 Å². The van der Waals surface area contributed by atoms with Crippen molar-refractivity contribution >= 4 is 11.9 Å². The highest BCUT2D eigenvalue weighted by Crippen LogP contribution is 2.16. The minimum atomic E-state index is -0.669. The monoisotopic (exact) mass is 778 g/mol. The van der Waals surface area contributed by atoms with Gasteiger partial charge in [-0.2, -0.15) is 0 Å². The van der Waals surface area contributed by atoms with E-state index in [2.05, 4.69) is 31.3 Å². The van der Waals surface area contributed by atoms with Crippen molar-refractivity contribution in [1.29, 1.82) is 0 Å². The number of unbranched alkanes of at least 4 members (excludes halogenated alkanes) is 32. The molecule has 0 saturated heterocycles. The van der Waals surface area contributed by atoms with Crippen molar-refractivity contribution in [2.24, 2.45) is 0 Å². The molecule has 6 heteroatoms. The molecule has 326 valence electrons. The normalized spacial score (nSPS) is 12.7. The third-order valence-electron chi connectivity index (χ3n) is 11.3. The number of aliphatic hydroxyl groups excluding tert-OH is 2. The van der Waals surface area contributed by atoms with Crippen LogP contribution >= 0.6 is 0 Å². The Morgan fingerprint density at radius 2 is 0.855 bits per heavy atom. The first kappa shape index (κ1) is 53.6. The second kappa shape index (κ2) is 45.3. The number of esters is 1. The maximum Gasteiger partial charge on any atom is 0.305 e. The van der Waals surface area contributed by atoms with Gasteiger partial charge >= 0.3 is 5.97 Å². The van der Waals surface area contributed by atoms with Crippen molar-refractivity contribution in [1.82, 2.24) is 5.32 Å². The van der Waals surface area contributed by atoms with Gasteiger partial charge in [0.2, 0.25) is 5.91 Å². The van der Waals surface area contributed by atoms with Gasteiger partial charge in [0.05, 0.1) is 25.4 Å². The van der Waals surface area contributed by atoms with E-state index in [1.807, 2.05) is 0 Å². The number of amides is 1. The Bertz CT molecular complexity index is 817. The quantitative estimate of drug-likeness (QED) is 0.0325. The molecule has 0 radical (unpaired) electrons. The molecule has 0 aliphatic carbocycles. The summed E-state index contributed by atoms with van der Waals surface area (Å²) in [5.41, 5.74) is 0. The van der Waals surface area contributed by atoms with E-state index in [0.29, 0.717) is 25.9 Å². The van der Waals surface area contributed by atoms with E-state index in [9.17, 15) is 19.8 Å². The van der Waals surface area contributed by atoms with Gasteiger partial charge in [-0.05, 0) is 51.4 Å². The molecular weight excluding hydrogens is 683 g/mol. The van der Waals surface area contributed by atoms with E-state index in [-0.39, 0.29) is 18.5 Å². The standard InChI is InChI=1S/C49H95NO5/c1-3-5-7-9-11-13-15-18-23-27-31-35-39-43-49(54)55-44-40-36-32-28-24-20-17-16-19-22-26-30-34-38-42-48(53)50-46(45-51)47(52)41-37-33-29-25-21-14-12-10-8-6-4-2/h13,15,46-47,51-52H,3-12,14,16-45H2,1-2H3,(H,50,53)/b15-13-. The fraction of sp³-hybridized carbons (Fsp3) is 0.918. The van der Waals surface area contributed by atoms with Crippen LogP contribution in [0.3, 0.4) is 0 Å². The molecule has 0 aliphatic heterocycles. The number of aliphatic hydroxyl groups is 2. The Hall–Kier alpha value is -1.40. The Balaban J connectivity index is 3.43. The summed E-state index contributed by atoms with van der Waals surface area (Å²) >= 11 is 0. The summed E-state index contributed by atoms with van der Waals surface area (Å²) in [6.45, 7) is 4.90. The SMILES string of the molecule is CCCCCC/C=C\CCCCCCCC(=O)OCCCCCCCCCCCCCCCCC(=O)NC(CO)C(O)CCCCCCCCCCCCC. The van der Waals surface area contributed by atoms with Gasteiger partial charge in [0.15, 0.2) is 0 Å². The lowest BCUT2D eigenvalue weighted by Gasteiger charge is -2.22. The first-order chi connectivity index (χ1) is 27.0. The van der Waals surface area contributed by atoms with Crippen molar-refractivity contribution in [3.8, 4) is 0 Å². The first-order valence-electron chi connectivity index (χ1n) is 24.4. The van der Waals surface area contributed by atoms with Crippen LogP contribution in [0.4, 0.5) is 0 Å². The molecule has 6 nitrogen and oxygen atoms in total. The molecule has 0 spiro atoms. The predicted molar refractivity (Wildman–Crippen MR) is 237 cm³/mol. The summed E-state index contributed by atoms with van der Waals surface area (Å²) in [4.78, 5) is 24.4. The minimum absolute atomic E-state index is 0.0116. The second-order valence-corrected chi connectivity index (χ2v) is 16.8. The van der Waals surface area contributed by atoms with E-state index in [0.717, 1.165) is 51.4 Å². The highest BCUT2D eigenvalue weighted by molar-refractivity contribution is 5.76. The Morgan fingerprint density at radius 1 is 0.491 bits per heavy atom. The number of carbonyl (C=O) groups excluding carboxylic acids is 2. The molecule has 55 heavy (non-hydrogen) atoms. The zero-order valence-corrected chi connectivity index (χ0v) is 36.9. The Labute approximate surface area is 342 Å². The molecule has 0 bridgehead atoms. The van der Waals surface area contributed by atoms with Crippen LogP contribution in [0.1, 0.15) is 264 Å². The van der Waals surface area contributed by atoms with Crippen LogP contribution in [0.2, 0.25) is 0 Å². The molecule has 2 atom stereocenters. The van der Waals surface area contributed by atoms with Gasteiger partial charge in [0.1, 0.15) is 0 Å². The summed E-state index contributed by atoms with van der Waals surface area (Å²) in [6, 6.07) is -0.547. The molecule has 0 rings (SSSR count). The van der Waals surface area contributed by atoms with Gasteiger partial charge < -0.3 is 20.3 Å². The van der Waals surface area contributed by atoms with Gasteiger partial charge in [0.25, 0.3) is 0 Å². The molecule has 0 aliphatic rings. The molecular formula is C49H95NO5. The second-order valence-electron chi connectivity index (χ2n) is 16.8. The largest absolute Gasteiger partial charge is 0.466 e. The van der Waals surface area contributed by atoms with Crippen LogP contribution in [0.5, 0.6) is 0 Å². The van der Waals surface area contributed by atoms with E-state index >= 15 is 0 Å². The number of hydrogen-bond acceptors (Lipinski definition) is 5. The van der Waals surface area contributed by atoms with Crippen molar-refractivity contribution in [3.05, 3.63) is 12.2 Å². The lowest BCUT2D eigenvalue weighted by molar-refractivity contribution is -0.143. The van der Waals surface area contributed by atoms with Crippen LogP contribution < -0.4 is 5.32 Å². The topological polar surface area (TPSA) is 95.9 Å². The lowest BCUT2D eigenvalue weighted by atomic mass is 10.0. The van der Waals surface area contributed by atoms with Crippen LogP contribution in [0.15, 0.2) is 12.2 Å². The molecule has 0 saturated carbocycles. The number of hydrogen-bond donors (Lipinski definition) is 3. The predicted octanol–water partition coefficient (Wildman–Crippen LogP) is 14.2. The number of ether oxygens (including phenoxy) is 1. The van der Waals surface area contributed by atoms with Gasteiger partial charge in [-0.25, -0.2) is 0 Å². The molecule has 0 aromatic carbocycles. The number of nitrogens with one attached hydrogen (secondary N) is 1. The number of allylic oxidation sites excluding steroid dienone is 2. The average molecular weight is 778 g/mol. The fourth-order valence-corrected chi connectivity index (χ4v) is 7.51. The summed E-state index contributed by atoms with van der Waals surface area (Å²) in [5.74, 6) is -0.0584. The van der Waals surface area contributed by atoms with Crippen LogP contribution in [0, 0.1) is 0 Å². The van der Waals surface area contributed by atoms with Crippen LogP contribution in [-0.2, 0) is 14.3 Å². The molecule has 3 N–H and O–H groups in total. The molecule has 0 aromatic heterocycles. The average Bonchev–Trinajstić information content (AvgIpc) is 3.18. The maximum atomic E-state index is 12.4. The first-order valence-corrected chi connectivity index (χ1v) is 24.4. The third kappa shape index (κ3) is 42.0. The van der Waals surface area contributed by atoms with Gasteiger partial charge in [0, 0.05) is 12.8 Å². The summed E-state index contributed by atoms with van der Waals surface area (Å²) in [7, 11) is 0. The van der Waals surface area contributed by atoms with E-state index in [1.54, 1.807) is 0 Å². The Kier molecular flexibility index (Phi) is 44.2. The van der Waals surface area contributed by atoms with Crippen LogP contribution in [0.25, 0.3) is 0 Å². The van der Waals surface area contributed by atoms with Gasteiger partial charge in [-0.3, -0.25) is 9.59 Å². The smallest absolute Gasteiger partial charge is 0.305 e. The molecule has 0 fully saturated rings. The highest BCUT2D eigenvalue weighted by Gasteiger charge is 2.20. The molecule has 0 aromatic rings. The third-order valence-corrected chi connectivity index (χ3v) is 11.3. The maximum absolute atomic E-state index is 12.4.